The lowest BCUT2D eigenvalue weighted by Gasteiger charge is -2.07. The number of hydrogen-bond acceptors (Lipinski definition) is 3. The molecule has 0 saturated heterocycles. The van der Waals surface area contributed by atoms with Crippen LogP contribution in [-0.4, -0.2) is 20.7 Å². The van der Waals surface area contributed by atoms with E-state index in [1.54, 1.807) is 35.3 Å². The van der Waals surface area contributed by atoms with E-state index in [-0.39, 0.29) is 5.91 Å². The lowest BCUT2D eigenvalue weighted by atomic mass is 10.1. The Labute approximate surface area is 134 Å². The molecule has 3 rings (SSSR count). The third-order valence-electron chi connectivity index (χ3n) is 3.31. The first-order chi connectivity index (χ1) is 11.2. The molecule has 1 amide bonds. The van der Waals surface area contributed by atoms with Gasteiger partial charge in [0.2, 0.25) is 0 Å². The summed E-state index contributed by atoms with van der Waals surface area (Å²) < 4.78 is 1.72. The van der Waals surface area contributed by atoms with Gasteiger partial charge in [0.05, 0.1) is 6.54 Å². The van der Waals surface area contributed by atoms with Crippen LogP contribution >= 0.6 is 0 Å². The molecule has 1 heterocycles. The molecule has 3 aromatic rings. The SMILES string of the molecule is C#Cc1cccc(NC(=O)c2ccc(Cn3cncn3)cc2)c1. The molecule has 0 spiro atoms. The minimum absolute atomic E-state index is 0.175. The Morgan fingerprint density at radius 2 is 2.04 bits per heavy atom. The summed E-state index contributed by atoms with van der Waals surface area (Å²) in [6.07, 6.45) is 8.50. The smallest absolute Gasteiger partial charge is 0.255 e. The highest BCUT2D eigenvalue weighted by molar-refractivity contribution is 6.04. The van der Waals surface area contributed by atoms with E-state index >= 15 is 0 Å². The molecule has 0 fully saturated rings. The average Bonchev–Trinajstić information content (AvgIpc) is 3.08. The van der Waals surface area contributed by atoms with E-state index in [1.165, 1.54) is 6.33 Å². The number of carbonyl (C=O) groups excluding carboxylic acids is 1. The van der Waals surface area contributed by atoms with Crippen LogP contribution in [0.2, 0.25) is 0 Å². The molecule has 1 N–H and O–H groups in total. The van der Waals surface area contributed by atoms with Crippen LogP contribution in [0.25, 0.3) is 0 Å². The highest BCUT2D eigenvalue weighted by Gasteiger charge is 2.06. The van der Waals surface area contributed by atoms with Gasteiger partial charge in [0.15, 0.2) is 0 Å². The first-order valence-electron chi connectivity index (χ1n) is 7.04. The fourth-order valence-electron chi connectivity index (χ4n) is 2.15. The first-order valence-corrected chi connectivity index (χ1v) is 7.04. The second kappa shape index (κ2) is 6.58. The van der Waals surface area contributed by atoms with Crippen molar-refractivity contribution in [2.24, 2.45) is 0 Å². The van der Waals surface area contributed by atoms with Gasteiger partial charge in [-0.25, -0.2) is 9.67 Å². The number of benzene rings is 2. The monoisotopic (exact) mass is 302 g/mol. The van der Waals surface area contributed by atoms with Crippen LogP contribution in [-0.2, 0) is 6.54 Å². The Kier molecular flexibility index (Phi) is 4.16. The van der Waals surface area contributed by atoms with Crippen molar-refractivity contribution in [2.45, 2.75) is 6.54 Å². The number of nitrogens with one attached hydrogen (secondary N) is 1. The van der Waals surface area contributed by atoms with Crippen LogP contribution < -0.4 is 5.32 Å². The lowest BCUT2D eigenvalue weighted by molar-refractivity contribution is 0.102. The predicted molar refractivity (Wildman–Crippen MR) is 87.9 cm³/mol. The summed E-state index contributed by atoms with van der Waals surface area (Å²) in [5, 5.41) is 6.89. The molecule has 0 aliphatic carbocycles. The quantitative estimate of drug-likeness (QED) is 0.754. The normalized spacial score (nSPS) is 10.0. The largest absolute Gasteiger partial charge is 0.322 e. The molecular weight excluding hydrogens is 288 g/mol. The summed E-state index contributed by atoms with van der Waals surface area (Å²) in [5.41, 5.74) is 3.03. The number of anilines is 1. The third-order valence-corrected chi connectivity index (χ3v) is 3.31. The maximum absolute atomic E-state index is 12.3. The van der Waals surface area contributed by atoms with E-state index in [1.807, 2.05) is 24.3 Å². The van der Waals surface area contributed by atoms with Gasteiger partial charge in [-0.05, 0) is 35.9 Å². The van der Waals surface area contributed by atoms with Crippen molar-refractivity contribution in [1.29, 1.82) is 0 Å². The van der Waals surface area contributed by atoms with E-state index in [2.05, 4.69) is 21.3 Å². The topological polar surface area (TPSA) is 59.8 Å². The number of terminal acetylenes is 1. The van der Waals surface area contributed by atoms with Crippen LogP contribution in [0.3, 0.4) is 0 Å². The molecular formula is C18H14N4O. The molecule has 23 heavy (non-hydrogen) atoms. The third kappa shape index (κ3) is 3.63. The summed E-state index contributed by atoms with van der Waals surface area (Å²) in [6.45, 7) is 0.617. The van der Waals surface area contributed by atoms with Gasteiger partial charge in [0.25, 0.3) is 5.91 Å². The van der Waals surface area contributed by atoms with Crippen molar-refractivity contribution in [2.75, 3.05) is 5.32 Å². The van der Waals surface area contributed by atoms with Gasteiger partial charge in [-0.1, -0.05) is 24.1 Å². The molecule has 0 unspecified atom stereocenters. The summed E-state index contributed by atoms with van der Waals surface area (Å²) in [6, 6.07) is 14.6. The van der Waals surface area contributed by atoms with Gasteiger partial charge in [0.1, 0.15) is 12.7 Å². The van der Waals surface area contributed by atoms with Crippen LogP contribution in [0.4, 0.5) is 5.69 Å². The summed E-state index contributed by atoms with van der Waals surface area (Å²) in [5.74, 6) is 2.37. The zero-order valence-electron chi connectivity index (χ0n) is 12.3. The van der Waals surface area contributed by atoms with Crippen LogP contribution in [0.15, 0.2) is 61.2 Å². The van der Waals surface area contributed by atoms with E-state index in [4.69, 9.17) is 6.42 Å². The predicted octanol–water partition coefficient (Wildman–Crippen LogP) is 2.56. The zero-order chi connectivity index (χ0) is 16.1. The summed E-state index contributed by atoms with van der Waals surface area (Å²) >= 11 is 0. The minimum atomic E-state index is -0.175. The van der Waals surface area contributed by atoms with Crippen LogP contribution in [0.5, 0.6) is 0 Å². The highest BCUT2D eigenvalue weighted by atomic mass is 16.1. The number of nitrogens with zero attached hydrogens (tertiary/aromatic N) is 3. The standard InChI is InChI=1S/C18H14N4O/c1-2-14-4-3-5-17(10-14)21-18(23)16-8-6-15(7-9-16)11-22-13-19-12-20-22/h1,3-10,12-13H,11H2,(H,21,23). The van der Waals surface area contributed by atoms with Gasteiger partial charge < -0.3 is 5.32 Å². The number of rotatable bonds is 4. The lowest BCUT2D eigenvalue weighted by Crippen LogP contribution is -2.12. The van der Waals surface area contributed by atoms with Crippen molar-refractivity contribution in [3.05, 3.63) is 77.9 Å². The molecule has 0 atom stereocenters. The van der Waals surface area contributed by atoms with Gasteiger partial charge >= 0.3 is 0 Å². The molecule has 2 aromatic carbocycles. The fraction of sp³-hybridized carbons (Fsp3) is 0.0556. The summed E-state index contributed by atoms with van der Waals surface area (Å²) in [7, 11) is 0. The Balaban J connectivity index is 1.69. The first kappa shape index (κ1) is 14.5. The average molecular weight is 302 g/mol. The van der Waals surface area contributed by atoms with Crippen molar-refractivity contribution in [3.8, 4) is 12.3 Å². The molecule has 0 aliphatic heterocycles. The molecule has 0 aliphatic rings. The molecule has 0 saturated carbocycles. The van der Waals surface area contributed by atoms with Gasteiger partial charge in [-0.3, -0.25) is 4.79 Å². The second-order valence-corrected chi connectivity index (χ2v) is 4.97. The highest BCUT2D eigenvalue weighted by Crippen LogP contribution is 2.12. The Bertz CT molecular complexity index is 845. The Morgan fingerprint density at radius 1 is 1.22 bits per heavy atom. The molecule has 5 nitrogen and oxygen atoms in total. The molecule has 112 valence electrons. The number of aromatic nitrogens is 3. The fourth-order valence-corrected chi connectivity index (χ4v) is 2.15. The van der Waals surface area contributed by atoms with Gasteiger partial charge in [0, 0.05) is 16.8 Å². The van der Waals surface area contributed by atoms with Gasteiger partial charge in [-0.2, -0.15) is 5.10 Å². The van der Waals surface area contributed by atoms with Crippen molar-refractivity contribution >= 4 is 11.6 Å². The summed E-state index contributed by atoms with van der Waals surface area (Å²) in [4.78, 5) is 16.2. The van der Waals surface area contributed by atoms with Crippen LogP contribution in [0, 0.1) is 12.3 Å². The number of hydrogen-bond donors (Lipinski definition) is 1. The van der Waals surface area contributed by atoms with E-state index in [0.29, 0.717) is 17.8 Å². The van der Waals surface area contributed by atoms with Crippen molar-refractivity contribution in [3.63, 3.8) is 0 Å². The molecule has 1 aromatic heterocycles. The molecule has 0 bridgehead atoms. The van der Waals surface area contributed by atoms with E-state index in [9.17, 15) is 4.79 Å². The maximum atomic E-state index is 12.3. The zero-order valence-corrected chi connectivity index (χ0v) is 12.3. The second-order valence-electron chi connectivity index (χ2n) is 4.97. The van der Waals surface area contributed by atoms with Crippen molar-refractivity contribution in [1.82, 2.24) is 14.8 Å². The molecule has 0 radical (unpaired) electrons. The Hall–Kier alpha value is -3.39. The number of amides is 1. The minimum Gasteiger partial charge on any atom is -0.322 e. The number of carbonyl (C=O) groups is 1. The van der Waals surface area contributed by atoms with Crippen molar-refractivity contribution < 1.29 is 4.79 Å². The van der Waals surface area contributed by atoms with E-state index < -0.39 is 0 Å². The van der Waals surface area contributed by atoms with E-state index in [0.717, 1.165) is 11.1 Å². The van der Waals surface area contributed by atoms with Crippen LogP contribution in [0.1, 0.15) is 21.5 Å². The van der Waals surface area contributed by atoms with Gasteiger partial charge in [-0.15, -0.1) is 6.42 Å². The maximum Gasteiger partial charge on any atom is 0.255 e. The molecule has 5 heteroatoms. The Morgan fingerprint density at radius 3 is 2.74 bits per heavy atom.